The van der Waals surface area contributed by atoms with Crippen molar-refractivity contribution in [1.29, 1.82) is 0 Å². The van der Waals surface area contributed by atoms with Crippen LogP contribution in [0.2, 0.25) is 0 Å². The van der Waals surface area contributed by atoms with Gasteiger partial charge in [-0.2, -0.15) is 0 Å². The van der Waals surface area contributed by atoms with Crippen molar-refractivity contribution in [2.24, 2.45) is 0 Å². The lowest BCUT2D eigenvalue weighted by Gasteiger charge is -2.09. The standard InChI is InChI=1S/C20H22FN5OS/c1-3-26-18(12-22-16-10-6-15(21)7-11-16)24-25-20(26)28-13-19(27)23-17-8-4-14(2)5-9-17/h4-11,22H,3,12-13H2,1-2H3,(H,23,27). The molecule has 0 bridgehead atoms. The maximum atomic E-state index is 13.0. The largest absolute Gasteiger partial charge is 0.378 e. The summed E-state index contributed by atoms with van der Waals surface area (Å²) >= 11 is 1.35. The number of aryl methyl sites for hydroxylation is 1. The minimum absolute atomic E-state index is 0.0921. The molecule has 3 aromatic rings. The Bertz CT molecular complexity index is 925. The lowest BCUT2D eigenvalue weighted by atomic mass is 10.2. The maximum absolute atomic E-state index is 13.0. The molecule has 1 amide bonds. The molecule has 0 spiro atoms. The molecule has 0 atom stereocenters. The van der Waals surface area contributed by atoms with E-state index in [4.69, 9.17) is 0 Å². The molecule has 0 unspecified atom stereocenters. The summed E-state index contributed by atoms with van der Waals surface area (Å²) in [6.45, 7) is 5.15. The summed E-state index contributed by atoms with van der Waals surface area (Å²) in [5, 5.41) is 15.2. The predicted octanol–water partition coefficient (Wildman–Crippen LogP) is 4.09. The van der Waals surface area contributed by atoms with E-state index in [1.165, 1.54) is 23.9 Å². The van der Waals surface area contributed by atoms with Gasteiger partial charge >= 0.3 is 0 Å². The van der Waals surface area contributed by atoms with E-state index >= 15 is 0 Å². The number of halogens is 1. The van der Waals surface area contributed by atoms with Gasteiger partial charge in [0, 0.05) is 17.9 Å². The number of anilines is 2. The summed E-state index contributed by atoms with van der Waals surface area (Å²) < 4.78 is 14.9. The van der Waals surface area contributed by atoms with Crippen molar-refractivity contribution in [3.63, 3.8) is 0 Å². The quantitative estimate of drug-likeness (QED) is 0.558. The Balaban J connectivity index is 1.56. The van der Waals surface area contributed by atoms with E-state index < -0.39 is 0 Å². The van der Waals surface area contributed by atoms with Gasteiger partial charge in [-0.05, 0) is 50.2 Å². The van der Waals surface area contributed by atoms with Crippen LogP contribution in [0.15, 0.2) is 53.7 Å². The second-order valence-corrected chi connectivity index (χ2v) is 7.15. The molecule has 6 nitrogen and oxygen atoms in total. The molecule has 146 valence electrons. The Morgan fingerprint density at radius 3 is 2.43 bits per heavy atom. The van der Waals surface area contributed by atoms with Gasteiger partial charge in [0.25, 0.3) is 0 Å². The molecule has 2 N–H and O–H groups in total. The molecule has 1 aromatic heterocycles. The summed E-state index contributed by atoms with van der Waals surface area (Å²) in [4.78, 5) is 12.2. The van der Waals surface area contributed by atoms with Crippen LogP contribution in [0.4, 0.5) is 15.8 Å². The van der Waals surface area contributed by atoms with Crippen molar-refractivity contribution in [1.82, 2.24) is 14.8 Å². The number of carbonyl (C=O) groups is 1. The summed E-state index contributed by atoms with van der Waals surface area (Å²) in [7, 11) is 0. The summed E-state index contributed by atoms with van der Waals surface area (Å²) in [5.41, 5.74) is 2.72. The molecular weight excluding hydrogens is 377 g/mol. The van der Waals surface area contributed by atoms with Gasteiger partial charge in [-0.25, -0.2) is 4.39 Å². The van der Waals surface area contributed by atoms with E-state index in [-0.39, 0.29) is 17.5 Å². The Kier molecular flexibility index (Phi) is 6.65. The number of hydrogen-bond acceptors (Lipinski definition) is 5. The van der Waals surface area contributed by atoms with Crippen molar-refractivity contribution in [3.05, 3.63) is 65.7 Å². The van der Waals surface area contributed by atoms with Crippen molar-refractivity contribution < 1.29 is 9.18 Å². The third-order valence-electron chi connectivity index (χ3n) is 4.07. The second kappa shape index (κ2) is 9.36. The number of nitrogens with zero attached hydrogens (tertiary/aromatic N) is 3. The molecule has 3 rings (SSSR count). The van der Waals surface area contributed by atoms with Crippen molar-refractivity contribution in [2.45, 2.75) is 32.1 Å². The number of amides is 1. The SMILES string of the molecule is CCn1c(CNc2ccc(F)cc2)nnc1SCC(=O)Nc1ccc(C)cc1. The molecule has 8 heteroatoms. The zero-order valence-electron chi connectivity index (χ0n) is 15.8. The fraction of sp³-hybridized carbons (Fsp3) is 0.250. The van der Waals surface area contributed by atoms with Crippen molar-refractivity contribution in [2.75, 3.05) is 16.4 Å². The van der Waals surface area contributed by atoms with Gasteiger partial charge in [-0.15, -0.1) is 10.2 Å². The van der Waals surface area contributed by atoms with Crippen LogP contribution < -0.4 is 10.6 Å². The third-order valence-corrected chi connectivity index (χ3v) is 5.04. The van der Waals surface area contributed by atoms with Gasteiger partial charge in [-0.1, -0.05) is 29.5 Å². The highest BCUT2D eigenvalue weighted by atomic mass is 32.2. The normalized spacial score (nSPS) is 10.7. The number of nitrogens with one attached hydrogen (secondary N) is 2. The van der Waals surface area contributed by atoms with Crippen LogP contribution in [0.3, 0.4) is 0 Å². The van der Waals surface area contributed by atoms with E-state index in [0.29, 0.717) is 18.2 Å². The molecule has 0 fully saturated rings. The smallest absolute Gasteiger partial charge is 0.234 e. The first-order valence-corrected chi connectivity index (χ1v) is 9.94. The Labute approximate surface area is 167 Å². The molecule has 0 saturated carbocycles. The molecule has 0 radical (unpaired) electrons. The fourth-order valence-electron chi connectivity index (χ4n) is 2.59. The molecule has 1 heterocycles. The average molecular weight is 399 g/mol. The van der Waals surface area contributed by atoms with E-state index in [1.807, 2.05) is 42.7 Å². The highest BCUT2D eigenvalue weighted by Crippen LogP contribution is 2.19. The monoisotopic (exact) mass is 399 g/mol. The van der Waals surface area contributed by atoms with Crippen LogP contribution in [-0.2, 0) is 17.9 Å². The first kappa shape index (κ1) is 19.9. The van der Waals surface area contributed by atoms with E-state index in [9.17, 15) is 9.18 Å². The number of carbonyl (C=O) groups excluding carboxylic acids is 1. The van der Waals surface area contributed by atoms with Crippen LogP contribution in [-0.4, -0.2) is 26.4 Å². The molecule has 28 heavy (non-hydrogen) atoms. The van der Waals surface area contributed by atoms with Gasteiger partial charge < -0.3 is 15.2 Å². The molecular formula is C20H22FN5OS. The maximum Gasteiger partial charge on any atom is 0.234 e. The topological polar surface area (TPSA) is 71.8 Å². The fourth-order valence-corrected chi connectivity index (χ4v) is 3.41. The molecule has 0 aliphatic rings. The zero-order chi connectivity index (χ0) is 19.9. The van der Waals surface area contributed by atoms with Crippen molar-refractivity contribution >= 4 is 29.0 Å². The first-order valence-electron chi connectivity index (χ1n) is 8.96. The van der Waals surface area contributed by atoms with Gasteiger partial charge in [-0.3, -0.25) is 4.79 Å². The predicted molar refractivity (Wildman–Crippen MR) is 110 cm³/mol. The molecule has 0 aliphatic carbocycles. The van der Waals surface area contributed by atoms with Crippen LogP contribution in [0, 0.1) is 12.7 Å². The van der Waals surface area contributed by atoms with Gasteiger partial charge in [0.05, 0.1) is 12.3 Å². The Morgan fingerprint density at radius 2 is 1.75 bits per heavy atom. The number of hydrogen-bond donors (Lipinski definition) is 2. The minimum atomic E-state index is -0.273. The van der Waals surface area contributed by atoms with Gasteiger partial charge in [0.2, 0.25) is 5.91 Å². The van der Waals surface area contributed by atoms with E-state index in [2.05, 4.69) is 20.8 Å². The van der Waals surface area contributed by atoms with Crippen molar-refractivity contribution in [3.8, 4) is 0 Å². The van der Waals surface area contributed by atoms with Crippen LogP contribution in [0.25, 0.3) is 0 Å². The molecule has 0 aliphatic heterocycles. The highest BCUT2D eigenvalue weighted by molar-refractivity contribution is 7.99. The van der Waals surface area contributed by atoms with Gasteiger partial charge in [0.1, 0.15) is 5.82 Å². The average Bonchev–Trinajstić information content (AvgIpc) is 3.09. The Morgan fingerprint density at radius 1 is 1.07 bits per heavy atom. The number of aromatic nitrogens is 3. The van der Waals surface area contributed by atoms with E-state index in [1.54, 1.807) is 12.1 Å². The lowest BCUT2D eigenvalue weighted by molar-refractivity contribution is -0.113. The number of rotatable bonds is 8. The second-order valence-electron chi connectivity index (χ2n) is 6.21. The highest BCUT2D eigenvalue weighted by Gasteiger charge is 2.13. The summed E-state index contributed by atoms with van der Waals surface area (Å²) in [6.07, 6.45) is 0. The first-order chi connectivity index (χ1) is 13.5. The number of benzene rings is 2. The molecule has 0 saturated heterocycles. The van der Waals surface area contributed by atoms with Crippen LogP contribution >= 0.6 is 11.8 Å². The third kappa shape index (κ3) is 5.32. The van der Waals surface area contributed by atoms with Gasteiger partial charge in [0.15, 0.2) is 11.0 Å². The number of thioether (sulfide) groups is 1. The molecule has 2 aromatic carbocycles. The van der Waals surface area contributed by atoms with Crippen LogP contribution in [0.1, 0.15) is 18.3 Å². The Hall–Kier alpha value is -2.87. The minimum Gasteiger partial charge on any atom is -0.378 e. The summed E-state index contributed by atoms with van der Waals surface area (Å²) in [6, 6.07) is 13.8. The zero-order valence-corrected chi connectivity index (χ0v) is 16.6. The van der Waals surface area contributed by atoms with E-state index in [0.717, 1.165) is 22.8 Å². The summed E-state index contributed by atoms with van der Waals surface area (Å²) in [5.74, 6) is 0.640. The lowest BCUT2D eigenvalue weighted by Crippen LogP contribution is -2.15. The van der Waals surface area contributed by atoms with Crippen LogP contribution in [0.5, 0.6) is 0 Å².